The van der Waals surface area contributed by atoms with Gasteiger partial charge in [-0.05, 0) is 29.8 Å². The van der Waals surface area contributed by atoms with Gasteiger partial charge < -0.3 is 9.88 Å². The van der Waals surface area contributed by atoms with E-state index in [0.29, 0.717) is 0 Å². The molecule has 1 N–H and O–H groups in total. The molecule has 1 aromatic heterocycles. The van der Waals surface area contributed by atoms with E-state index in [4.69, 9.17) is 0 Å². The fourth-order valence-corrected chi connectivity index (χ4v) is 2.71. The Morgan fingerprint density at radius 2 is 1.76 bits per heavy atom. The Hall–Kier alpha value is -2.22. The lowest BCUT2D eigenvalue weighted by Gasteiger charge is -2.26. The van der Waals surface area contributed by atoms with Crippen molar-refractivity contribution in [3.05, 3.63) is 66.4 Å². The van der Waals surface area contributed by atoms with Crippen molar-refractivity contribution in [2.24, 2.45) is 7.05 Å². The van der Waals surface area contributed by atoms with Gasteiger partial charge in [-0.1, -0.05) is 44.2 Å². The van der Waals surface area contributed by atoms with E-state index in [1.54, 1.807) is 0 Å². The molecule has 2 aromatic carbocycles. The third kappa shape index (κ3) is 2.80. The molecule has 3 aromatic rings. The van der Waals surface area contributed by atoms with Crippen LogP contribution in [0.5, 0.6) is 0 Å². The molecule has 0 saturated carbocycles. The summed E-state index contributed by atoms with van der Waals surface area (Å²) in [6.07, 6.45) is 2.10. The van der Waals surface area contributed by atoms with Crippen molar-refractivity contribution in [2.75, 3.05) is 11.9 Å². The molecule has 0 spiro atoms. The van der Waals surface area contributed by atoms with Crippen LogP contribution >= 0.6 is 0 Å². The quantitative estimate of drug-likeness (QED) is 0.740. The lowest BCUT2D eigenvalue weighted by molar-refractivity contribution is 0.557. The molecule has 0 aliphatic carbocycles. The Kier molecular flexibility index (Phi) is 3.46. The molecule has 0 bridgehead atoms. The number of fused-ring (bicyclic) bond motifs is 1. The summed E-state index contributed by atoms with van der Waals surface area (Å²) in [5, 5.41) is 4.85. The van der Waals surface area contributed by atoms with Crippen molar-refractivity contribution in [2.45, 2.75) is 19.3 Å². The van der Waals surface area contributed by atoms with Crippen LogP contribution in [0.15, 0.2) is 60.8 Å². The van der Waals surface area contributed by atoms with Crippen LogP contribution in [0.1, 0.15) is 19.4 Å². The van der Waals surface area contributed by atoms with E-state index in [9.17, 15) is 0 Å². The number of aromatic nitrogens is 1. The molecule has 0 amide bonds. The average Bonchev–Trinajstić information content (AvgIpc) is 2.87. The molecule has 108 valence electrons. The standard InChI is InChI=1S/C19H22N2/c1-19(2,16-7-5-4-6-8-16)14-20-17-9-10-18-15(13-17)11-12-21(18)3/h4-13,20H,14H2,1-3H3. The Morgan fingerprint density at radius 3 is 2.52 bits per heavy atom. The van der Waals surface area contributed by atoms with Crippen molar-refractivity contribution in [3.8, 4) is 0 Å². The zero-order chi connectivity index (χ0) is 14.9. The number of nitrogens with one attached hydrogen (secondary N) is 1. The number of benzene rings is 2. The monoisotopic (exact) mass is 278 g/mol. The third-order valence-corrected chi connectivity index (χ3v) is 4.17. The normalized spacial score (nSPS) is 11.8. The van der Waals surface area contributed by atoms with Crippen LogP contribution in [-0.4, -0.2) is 11.1 Å². The van der Waals surface area contributed by atoms with Gasteiger partial charge >= 0.3 is 0 Å². The van der Waals surface area contributed by atoms with Gasteiger partial charge in [-0.2, -0.15) is 0 Å². The highest BCUT2D eigenvalue weighted by atomic mass is 14.9. The topological polar surface area (TPSA) is 17.0 Å². The van der Waals surface area contributed by atoms with E-state index >= 15 is 0 Å². The van der Waals surface area contributed by atoms with Crippen molar-refractivity contribution in [3.63, 3.8) is 0 Å². The molecule has 1 heterocycles. The molecule has 0 fully saturated rings. The van der Waals surface area contributed by atoms with Crippen LogP contribution in [0.2, 0.25) is 0 Å². The number of rotatable bonds is 4. The van der Waals surface area contributed by atoms with Crippen molar-refractivity contribution < 1.29 is 0 Å². The van der Waals surface area contributed by atoms with Gasteiger partial charge in [-0.3, -0.25) is 0 Å². The van der Waals surface area contributed by atoms with Crippen molar-refractivity contribution in [1.29, 1.82) is 0 Å². The summed E-state index contributed by atoms with van der Waals surface area (Å²) in [4.78, 5) is 0. The highest BCUT2D eigenvalue weighted by molar-refractivity contribution is 5.83. The molecular weight excluding hydrogens is 256 g/mol. The maximum atomic E-state index is 3.58. The van der Waals surface area contributed by atoms with Gasteiger partial charge in [-0.25, -0.2) is 0 Å². The van der Waals surface area contributed by atoms with Gasteiger partial charge in [0.1, 0.15) is 0 Å². The molecule has 21 heavy (non-hydrogen) atoms. The van der Waals surface area contributed by atoms with Crippen LogP contribution in [0.4, 0.5) is 5.69 Å². The van der Waals surface area contributed by atoms with Crippen LogP contribution < -0.4 is 5.32 Å². The zero-order valence-corrected chi connectivity index (χ0v) is 12.9. The minimum Gasteiger partial charge on any atom is -0.384 e. The molecule has 0 aliphatic heterocycles. The van der Waals surface area contributed by atoms with E-state index in [1.807, 2.05) is 0 Å². The first-order valence-electron chi connectivity index (χ1n) is 7.41. The number of aryl methyl sites for hydroxylation is 1. The third-order valence-electron chi connectivity index (χ3n) is 4.17. The van der Waals surface area contributed by atoms with Crippen LogP contribution in [0.25, 0.3) is 10.9 Å². The lowest BCUT2D eigenvalue weighted by Crippen LogP contribution is -2.27. The first-order chi connectivity index (χ1) is 10.1. The predicted molar refractivity (Wildman–Crippen MR) is 90.9 cm³/mol. The van der Waals surface area contributed by atoms with Gasteiger partial charge in [0.05, 0.1) is 0 Å². The summed E-state index contributed by atoms with van der Waals surface area (Å²) < 4.78 is 2.15. The van der Waals surface area contributed by atoms with Gasteiger partial charge in [0.15, 0.2) is 0 Å². The number of hydrogen-bond donors (Lipinski definition) is 1. The first-order valence-corrected chi connectivity index (χ1v) is 7.41. The number of anilines is 1. The highest BCUT2D eigenvalue weighted by Gasteiger charge is 2.19. The zero-order valence-electron chi connectivity index (χ0n) is 12.9. The largest absolute Gasteiger partial charge is 0.384 e. The molecule has 2 nitrogen and oxygen atoms in total. The summed E-state index contributed by atoms with van der Waals surface area (Å²) >= 11 is 0. The fraction of sp³-hybridized carbons (Fsp3) is 0.263. The Labute approximate surface area is 126 Å². The molecule has 3 rings (SSSR count). The fourth-order valence-electron chi connectivity index (χ4n) is 2.71. The molecule has 0 unspecified atom stereocenters. The highest BCUT2D eigenvalue weighted by Crippen LogP contribution is 2.25. The predicted octanol–water partition coefficient (Wildman–Crippen LogP) is 4.57. The Balaban J connectivity index is 1.76. The van der Waals surface area contributed by atoms with Gasteiger partial charge in [0.25, 0.3) is 0 Å². The van der Waals surface area contributed by atoms with E-state index in [2.05, 4.69) is 91.6 Å². The average molecular weight is 278 g/mol. The van der Waals surface area contributed by atoms with Gasteiger partial charge in [0, 0.05) is 41.8 Å². The summed E-state index contributed by atoms with van der Waals surface area (Å²) in [6.45, 7) is 5.46. The molecule has 2 heteroatoms. The summed E-state index contributed by atoms with van der Waals surface area (Å²) in [6, 6.07) is 19.4. The smallest absolute Gasteiger partial charge is 0.0479 e. The Bertz CT molecular complexity index is 739. The lowest BCUT2D eigenvalue weighted by atomic mass is 9.84. The molecule has 0 saturated heterocycles. The van der Waals surface area contributed by atoms with Gasteiger partial charge in [-0.15, -0.1) is 0 Å². The summed E-state index contributed by atoms with van der Waals surface area (Å²) in [5.41, 5.74) is 3.91. The summed E-state index contributed by atoms with van der Waals surface area (Å²) in [5.74, 6) is 0. The van der Waals surface area contributed by atoms with Gasteiger partial charge in [0.2, 0.25) is 0 Å². The van der Waals surface area contributed by atoms with E-state index in [-0.39, 0.29) is 5.41 Å². The molecule has 0 atom stereocenters. The van der Waals surface area contributed by atoms with E-state index in [1.165, 1.54) is 22.2 Å². The second-order valence-corrected chi connectivity index (χ2v) is 6.30. The number of hydrogen-bond acceptors (Lipinski definition) is 1. The minimum absolute atomic E-state index is 0.104. The SMILES string of the molecule is Cn1ccc2cc(NCC(C)(C)c3ccccc3)ccc21. The van der Waals surface area contributed by atoms with E-state index in [0.717, 1.165) is 6.54 Å². The minimum atomic E-state index is 0.104. The van der Waals surface area contributed by atoms with Crippen molar-refractivity contribution in [1.82, 2.24) is 4.57 Å². The molecule has 0 radical (unpaired) electrons. The van der Waals surface area contributed by atoms with Crippen LogP contribution in [0.3, 0.4) is 0 Å². The van der Waals surface area contributed by atoms with E-state index < -0.39 is 0 Å². The maximum Gasteiger partial charge on any atom is 0.0479 e. The summed E-state index contributed by atoms with van der Waals surface area (Å²) in [7, 11) is 2.08. The molecule has 0 aliphatic rings. The van der Waals surface area contributed by atoms with Crippen LogP contribution in [-0.2, 0) is 12.5 Å². The van der Waals surface area contributed by atoms with Crippen molar-refractivity contribution >= 4 is 16.6 Å². The molecular formula is C19H22N2. The Morgan fingerprint density at radius 1 is 1.00 bits per heavy atom. The number of nitrogens with zero attached hydrogens (tertiary/aromatic N) is 1. The second-order valence-electron chi connectivity index (χ2n) is 6.30. The van der Waals surface area contributed by atoms with Crippen LogP contribution in [0, 0.1) is 0 Å². The second kappa shape index (κ2) is 5.28. The first kappa shape index (κ1) is 13.7. The maximum absolute atomic E-state index is 3.58.